The first kappa shape index (κ1) is 18.8. The third-order valence-corrected chi connectivity index (χ3v) is 5.19. The first-order valence-electron chi connectivity index (χ1n) is 8.82. The summed E-state index contributed by atoms with van der Waals surface area (Å²) in [4.78, 5) is 21.4. The van der Waals surface area contributed by atoms with Crippen molar-refractivity contribution < 1.29 is 14.3 Å². The molecule has 0 spiro atoms. The van der Waals surface area contributed by atoms with Gasteiger partial charge < -0.3 is 20.1 Å². The number of ether oxygens (including phenoxy) is 2. The third-order valence-electron chi connectivity index (χ3n) is 4.08. The molecule has 0 saturated heterocycles. The Kier molecular flexibility index (Phi) is 5.35. The molecule has 0 aliphatic carbocycles. The lowest BCUT2D eigenvalue weighted by Crippen LogP contribution is -2.06. The Labute approximate surface area is 172 Å². The van der Waals surface area contributed by atoms with Crippen LogP contribution in [0.15, 0.2) is 71.2 Å². The van der Waals surface area contributed by atoms with E-state index < -0.39 is 0 Å². The molecule has 0 saturated carbocycles. The Hall–Kier alpha value is -3.52. The lowest BCUT2D eigenvalue weighted by atomic mass is 10.3. The summed E-state index contributed by atoms with van der Waals surface area (Å²) in [7, 11) is 0. The smallest absolute Gasteiger partial charge is 0.247 e. The molecule has 3 aromatic rings. The van der Waals surface area contributed by atoms with Crippen molar-refractivity contribution in [3.63, 3.8) is 0 Å². The molecule has 2 heterocycles. The van der Waals surface area contributed by atoms with Crippen LogP contribution in [0.2, 0.25) is 0 Å². The van der Waals surface area contributed by atoms with E-state index in [-0.39, 0.29) is 12.7 Å². The van der Waals surface area contributed by atoms with E-state index in [1.54, 1.807) is 6.20 Å². The standard InChI is InChI=1S/C21H18N4O3S/c1-3-19(26)23-14-4-7-16(8-5-14)29-20-13(2)11-22-21(25-20)24-15-6-9-17-18(10-15)28-12-27-17/h3-11H,1,12H2,2H3,(H,23,26)(H,22,24,25). The highest BCUT2D eigenvalue weighted by Crippen LogP contribution is 2.35. The molecule has 146 valence electrons. The number of anilines is 3. The molecule has 0 radical (unpaired) electrons. The van der Waals surface area contributed by atoms with Gasteiger partial charge in [0.05, 0.1) is 0 Å². The van der Waals surface area contributed by atoms with Crippen LogP contribution in [0.1, 0.15) is 5.56 Å². The second-order valence-corrected chi connectivity index (χ2v) is 7.26. The molecular weight excluding hydrogens is 388 g/mol. The Morgan fingerprint density at radius 1 is 1.14 bits per heavy atom. The van der Waals surface area contributed by atoms with Crippen molar-refractivity contribution >= 4 is 35.0 Å². The topological polar surface area (TPSA) is 85.4 Å². The van der Waals surface area contributed by atoms with Crippen LogP contribution in [0, 0.1) is 6.92 Å². The fraction of sp³-hybridized carbons (Fsp3) is 0.0952. The molecule has 4 rings (SSSR count). The number of hydrogen-bond acceptors (Lipinski definition) is 7. The van der Waals surface area contributed by atoms with Gasteiger partial charge in [-0.25, -0.2) is 9.97 Å². The normalized spacial score (nSPS) is 11.8. The summed E-state index contributed by atoms with van der Waals surface area (Å²) in [5.41, 5.74) is 2.50. The van der Waals surface area contributed by atoms with Crippen LogP contribution in [0.4, 0.5) is 17.3 Å². The first-order chi connectivity index (χ1) is 14.1. The first-order valence-corrected chi connectivity index (χ1v) is 9.64. The van der Waals surface area contributed by atoms with E-state index >= 15 is 0 Å². The van der Waals surface area contributed by atoms with E-state index in [9.17, 15) is 4.79 Å². The predicted octanol–water partition coefficient (Wildman–Crippen LogP) is 4.53. The van der Waals surface area contributed by atoms with E-state index in [1.165, 1.54) is 17.8 Å². The highest BCUT2D eigenvalue weighted by Gasteiger charge is 2.14. The molecule has 1 amide bonds. The van der Waals surface area contributed by atoms with E-state index in [4.69, 9.17) is 9.47 Å². The van der Waals surface area contributed by atoms with Crippen LogP contribution in [0.5, 0.6) is 11.5 Å². The number of carbonyl (C=O) groups is 1. The third kappa shape index (κ3) is 4.49. The molecule has 0 atom stereocenters. The average Bonchev–Trinajstić information content (AvgIpc) is 3.19. The highest BCUT2D eigenvalue weighted by atomic mass is 32.2. The molecule has 0 fully saturated rings. The van der Waals surface area contributed by atoms with E-state index in [0.29, 0.717) is 17.4 Å². The monoisotopic (exact) mass is 406 g/mol. The van der Waals surface area contributed by atoms with Gasteiger partial charge in [-0.1, -0.05) is 18.3 Å². The van der Waals surface area contributed by atoms with Gasteiger partial charge in [0.15, 0.2) is 11.5 Å². The molecule has 7 nitrogen and oxygen atoms in total. The highest BCUT2D eigenvalue weighted by molar-refractivity contribution is 7.99. The van der Waals surface area contributed by atoms with Gasteiger partial charge in [-0.2, -0.15) is 0 Å². The van der Waals surface area contributed by atoms with Crippen molar-refractivity contribution in [2.45, 2.75) is 16.8 Å². The maximum Gasteiger partial charge on any atom is 0.247 e. The average molecular weight is 406 g/mol. The molecule has 29 heavy (non-hydrogen) atoms. The van der Waals surface area contributed by atoms with E-state index in [1.807, 2.05) is 49.4 Å². The van der Waals surface area contributed by atoms with Crippen molar-refractivity contribution in [2.24, 2.45) is 0 Å². The molecule has 2 N–H and O–H groups in total. The number of nitrogens with zero attached hydrogens (tertiary/aromatic N) is 2. The summed E-state index contributed by atoms with van der Waals surface area (Å²) in [6, 6.07) is 13.1. The Morgan fingerprint density at radius 2 is 1.90 bits per heavy atom. The minimum Gasteiger partial charge on any atom is -0.454 e. The van der Waals surface area contributed by atoms with Crippen LogP contribution >= 0.6 is 11.8 Å². The Morgan fingerprint density at radius 3 is 2.69 bits per heavy atom. The number of aromatic nitrogens is 2. The molecule has 1 aliphatic rings. The van der Waals surface area contributed by atoms with Gasteiger partial charge in [-0.15, -0.1) is 0 Å². The predicted molar refractivity (Wildman–Crippen MR) is 112 cm³/mol. The summed E-state index contributed by atoms with van der Waals surface area (Å²) >= 11 is 1.52. The second-order valence-electron chi connectivity index (χ2n) is 6.19. The Balaban J connectivity index is 1.48. The van der Waals surface area contributed by atoms with E-state index in [2.05, 4.69) is 27.2 Å². The lowest BCUT2D eigenvalue weighted by molar-refractivity contribution is -0.111. The zero-order valence-electron chi connectivity index (χ0n) is 15.6. The minimum atomic E-state index is -0.240. The number of carbonyl (C=O) groups excluding carboxylic acids is 1. The summed E-state index contributed by atoms with van der Waals surface area (Å²) in [6.45, 7) is 5.64. The molecule has 1 aliphatic heterocycles. The quantitative estimate of drug-likeness (QED) is 0.459. The number of hydrogen-bond donors (Lipinski definition) is 2. The van der Waals surface area contributed by atoms with Crippen molar-refractivity contribution in [3.05, 3.63) is 66.9 Å². The summed E-state index contributed by atoms with van der Waals surface area (Å²) in [5.74, 6) is 1.67. The maximum absolute atomic E-state index is 11.4. The molecule has 8 heteroatoms. The maximum atomic E-state index is 11.4. The second kappa shape index (κ2) is 8.24. The minimum absolute atomic E-state index is 0.233. The molecular formula is C21H18N4O3S. The largest absolute Gasteiger partial charge is 0.454 e. The number of nitrogens with one attached hydrogen (secondary N) is 2. The zero-order chi connectivity index (χ0) is 20.2. The molecule has 1 aromatic heterocycles. The zero-order valence-corrected chi connectivity index (χ0v) is 16.5. The van der Waals surface area contributed by atoms with Crippen LogP contribution in [0.25, 0.3) is 0 Å². The SMILES string of the molecule is C=CC(=O)Nc1ccc(Sc2nc(Nc3ccc4c(c3)OCO4)ncc2C)cc1. The number of fused-ring (bicyclic) bond motifs is 1. The van der Waals surface area contributed by atoms with Crippen LogP contribution < -0.4 is 20.1 Å². The number of aryl methyl sites for hydroxylation is 1. The van der Waals surface area contributed by atoms with Gasteiger partial charge in [0.1, 0.15) is 5.03 Å². The van der Waals surface area contributed by atoms with Crippen molar-refractivity contribution in [3.8, 4) is 11.5 Å². The van der Waals surface area contributed by atoms with Gasteiger partial charge in [0, 0.05) is 34.1 Å². The van der Waals surface area contributed by atoms with Gasteiger partial charge >= 0.3 is 0 Å². The van der Waals surface area contributed by atoms with Crippen LogP contribution in [-0.2, 0) is 4.79 Å². The molecule has 0 unspecified atom stereocenters. The molecule has 0 bridgehead atoms. The van der Waals surface area contributed by atoms with Crippen molar-refractivity contribution in [1.82, 2.24) is 9.97 Å². The number of amides is 1. The lowest BCUT2D eigenvalue weighted by Gasteiger charge is -2.10. The fourth-order valence-corrected chi connectivity index (χ4v) is 3.45. The number of benzene rings is 2. The van der Waals surface area contributed by atoms with Gasteiger partial charge in [-0.3, -0.25) is 4.79 Å². The van der Waals surface area contributed by atoms with Crippen molar-refractivity contribution in [2.75, 3.05) is 17.4 Å². The van der Waals surface area contributed by atoms with Gasteiger partial charge in [-0.05, 0) is 49.4 Å². The van der Waals surface area contributed by atoms with Gasteiger partial charge in [0.2, 0.25) is 18.6 Å². The van der Waals surface area contributed by atoms with E-state index in [0.717, 1.165) is 26.9 Å². The van der Waals surface area contributed by atoms with Crippen LogP contribution in [0.3, 0.4) is 0 Å². The fourth-order valence-electron chi connectivity index (χ4n) is 2.60. The summed E-state index contributed by atoms with van der Waals surface area (Å²) < 4.78 is 10.7. The van der Waals surface area contributed by atoms with Crippen LogP contribution in [-0.4, -0.2) is 22.7 Å². The molecule has 2 aromatic carbocycles. The number of rotatable bonds is 6. The summed E-state index contributed by atoms with van der Waals surface area (Å²) in [6.07, 6.45) is 3.02. The summed E-state index contributed by atoms with van der Waals surface area (Å²) in [5, 5.41) is 6.76. The van der Waals surface area contributed by atoms with Gasteiger partial charge in [0.25, 0.3) is 0 Å². The van der Waals surface area contributed by atoms with Crippen molar-refractivity contribution in [1.29, 1.82) is 0 Å². The Bertz CT molecular complexity index is 1070.